The Morgan fingerprint density at radius 2 is 1.81 bits per heavy atom. The second kappa shape index (κ2) is 7.30. The topological polar surface area (TPSA) is 29.1 Å². The Morgan fingerprint density at radius 3 is 2.38 bits per heavy atom. The van der Waals surface area contributed by atoms with Crippen LogP contribution in [0.3, 0.4) is 0 Å². The van der Waals surface area contributed by atoms with Gasteiger partial charge in [0.2, 0.25) is 5.91 Å². The third-order valence-electron chi connectivity index (χ3n) is 2.87. The van der Waals surface area contributed by atoms with E-state index in [2.05, 4.69) is 26.1 Å². The maximum atomic E-state index is 13.4. The highest BCUT2D eigenvalue weighted by Crippen LogP contribution is 2.27. The maximum Gasteiger partial charge on any atom is 0.221 e. The summed E-state index contributed by atoms with van der Waals surface area (Å²) in [6, 6.07) is 6.65. The van der Waals surface area contributed by atoms with Crippen molar-refractivity contribution in [1.82, 2.24) is 5.32 Å². The van der Waals surface area contributed by atoms with Gasteiger partial charge in [0, 0.05) is 22.6 Å². The van der Waals surface area contributed by atoms with E-state index in [1.165, 1.54) is 17.8 Å². The molecule has 118 valence electrons. The highest BCUT2D eigenvalue weighted by atomic mass is 32.2. The molecule has 0 bridgehead atoms. The van der Waals surface area contributed by atoms with Crippen LogP contribution < -0.4 is 5.32 Å². The van der Waals surface area contributed by atoms with Crippen LogP contribution in [0.5, 0.6) is 0 Å². The summed E-state index contributed by atoms with van der Waals surface area (Å²) in [6.07, 6.45) is 1.30. The number of nitrogens with one attached hydrogen (secondary N) is 1. The summed E-state index contributed by atoms with van der Waals surface area (Å²) in [5.41, 5.74) is -0.0588. The van der Waals surface area contributed by atoms with E-state index in [0.29, 0.717) is 17.1 Å². The summed E-state index contributed by atoms with van der Waals surface area (Å²) >= 11 is 1.38. The van der Waals surface area contributed by atoms with E-state index >= 15 is 0 Å². The molecule has 1 aromatic carbocycles. The van der Waals surface area contributed by atoms with Gasteiger partial charge in [-0.2, -0.15) is 0 Å². The zero-order valence-electron chi connectivity index (χ0n) is 13.6. The first-order valence-corrected chi connectivity index (χ1v) is 8.26. The van der Waals surface area contributed by atoms with Crippen molar-refractivity contribution >= 4 is 17.7 Å². The molecule has 1 rings (SSSR count). The van der Waals surface area contributed by atoms with Crippen molar-refractivity contribution in [2.75, 3.05) is 5.75 Å². The van der Waals surface area contributed by atoms with Crippen LogP contribution in [-0.2, 0) is 4.79 Å². The van der Waals surface area contributed by atoms with Crippen molar-refractivity contribution in [3.8, 4) is 0 Å². The van der Waals surface area contributed by atoms with Crippen molar-refractivity contribution in [3.05, 3.63) is 30.1 Å². The SMILES string of the molecule is CC(C)(C)CC(C)(C)NC(=O)CCSc1ccccc1F. The third kappa shape index (κ3) is 7.51. The lowest BCUT2D eigenvalue weighted by atomic mass is 9.82. The van der Waals surface area contributed by atoms with Crippen LogP contribution >= 0.6 is 11.8 Å². The van der Waals surface area contributed by atoms with Gasteiger partial charge in [0.1, 0.15) is 5.82 Å². The Kier molecular flexibility index (Phi) is 6.26. The summed E-state index contributed by atoms with van der Waals surface area (Å²) in [5, 5.41) is 3.07. The lowest BCUT2D eigenvalue weighted by Crippen LogP contribution is -2.45. The molecule has 0 aliphatic heterocycles. The Morgan fingerprint density at radius 1 is 1.19 bits per heavy atom. The van der Waals surface area contributed by atoms with Crippen molar-refractivity contribution in [1.29, 1.82) is 0 Å². The molecule has 1 aromatic rings. The summed E-state index contributed by atoms with van der Waals surface area (Å²) < 4.78 is 13.4. The molecule has 0 unspecified atom stereocenters. The fourth-order valence-corrected chi connectivity index (χ4v) is 3.51. The molecule has 2 nitrogen and oxygen atoms in total. The number of amides is 1. The summed E-state index contributed by atoms with van der Waals surface area (Å²) in [6.45, 7) is 10.6. The molecule has 0 spiro atoms. The fourth-order valence-electron chi connectivity index (χ4n) is 2.63. The lowest BCUT2D eigenvalue weighted by Gasteiger charge is -2.33. The van der Waals surface area contributed by atoms with E-state index in [9.17, 15) is 9.18 Å². The molecule has 0 fully saturated rings. The molecular formula is C17H26FNOS. The van der Waals surface area contributed by atoms with Gasteiger partial charge in [-0.15, -0.1) is 11.8 Å². The molecule has 0 aliphatic rings. The second-order valence-corrected chi connectivity index (χ2v) is 8.34. The normalized spacial score (nSPS) is 12.3. The van der Waals surface area contributed by atoms with Gasteiger partial charge in [-0.25, -0.2) is 4.39 Å². The Labute approximate surface area is 131 Å². The highest BCUT2D eigenvalue weighted by molar-refractivity contribution is 7.99. The van der Waals surface area contributed by atoms with Gasteiger partial charge in [0.25, 0.3) is 0 Å². The van der Waals surface area contributed by atoms with Crippen LogP contribution in [0.4, 0.5) is 4.39 Å². The highest BCUT2D eigenvalue weighted by Gasteiger charge is 2.26. The zero-order valence-corrected chi connectivity index (χ0v) is 14.4. The average Bonchev–Trinajstić information content (AvgIpc) is 2.27. The molecule has 0 saturated carbocycles. The number of carbonyl (C=O) groups is 1. The predicted octanol–water partition coefficient (Wildman–Crippen LogP) is 4.64. The van der Waals surface area contributed by atoms with Crippen LogP contribution in [0.15, 0.2) is 29.2 Å². The van der Waals surface area contributed by atoms with E-state index in [1.54, 1.807) is 18.2 Å². The van der Waals surface area contributed by atoms with Gasteiger partial charge in [0.15, 0.2) is 0 Å². The minimum atomic E-state index is -0.226. The van der Waals surface area contributed by atoms with Crippen LogP contribution in [0.25, 0.3) is 0 Å². The summed E-state index contributed by atoms with van der Waals surface area (Å²) in [5.74, 6) is 0.377. The smallest absolute Gasteiger partial charge is 0.221 e. The molecule has 4 heteroatoms. The van der Waals surface area contributed by atoms with E-state index < -0.39 is 0 Å². The standard InChI is InChI=1S/C17H26FNOS/c1-16(2,3)12-17(4,5)19-15(20)10-11-21-14-9-7-6-8-13(14)18/h6-9H,10-12H2,1-5H3,(H,19,20). The Balaban J connectivity index is 2.39. The van der Waals surface area contributed by atoms with Crippen molar-refractivity contribution in [2.24, 2.45) is 5.41 Å². The van der Waals surface area contributed by atoms with Gasteiger partial charge in [-0.05, 0) is 37.8 Å². The van der Waals surface area contributed by atoms with E-state index in [0.717, 1.165) is 6.42 Å². The summed E-state index contributed by atoms with van der Waals surface area (Å²) in [4.78, 5) is 12.6. The minimum absolute atomic E-state index is 0.0214. The molecule has 0 heterocycles. The molecule has 21 heavy (non-hydrogen) atoms. The quantitative estimate of drug-likeness (QED) is 0.776. The zero-order chi connectivity index (χ0) is 16.1. The van der Waals surface area contributed by atoms with Gasteiger partial charge in [-0.1, -0.05) is 32.9 Å². The Hall–Kier alpha value is -1.03. The van der Waals surface area contributed by atoms with Gasteiger partial charge < -0.3 is 5.32 Å². The second-order valence-electron chi connectivity index (χ2n) is 7.20. The molecule has 1 N–H and O–H groups in total. The molecular weight excluding hydrogens is 285 g/mol. The number of thioether (sulfide) groups is 1. The van der Waals surface area contributed by atoms with Crippen molar-refractivity contribution in [2.45, 2.75) is 57.9 Å². The number of benzene rings is 1. The molecule has 1 amide bonds. The molecule has 0 aromatic heterocycles. The van der Waals surface area contributed by atoms with E-state index in [4.69, 9.17) is 0 Å². The number of carbonyl (C=O) groups excluding carboxylic acids is 1. The van der Waals surface area contributed by atoms with Gasteiger partial charge in [0.05, 0.1) is 0 Å². The first-order chi connectivity index (χ1) is 9.59. The number of hydrogen-bond donors (Lipinski definition) is 1. The van der Waals surface area contributed by atoms with Crippen LogP contribution in [-0.4, -0.2) is 17.2 Å². The van der Waals surface area contributed by atoms with Crippen molar-refractivity contribution < 1.29 is 9.18 Å². The van der Waals surface area contributed by atoms with Gasteiger partial charge in [-0.3, -0.25) is 4.79 Å². The summed E-state index contributed by atoms with van der Waals surface area (Å²) in [7, 11) is 0. The lowest BCUT2D eigenvalue weighted by molar-refractivity contribution is -0.122. The third-order valence-corrected chi connectivity index (χ3v) is 3.92. The van der Waals surface area contributed by atoms with Crippen LogP contribution in [0, 0.1) is 11.2 Å². The molecule has 0 aliphatic carbocycles. The van der Waals surface area contributed by atoms with Crippen LogP contribution in [0.1, 0.15) is 47.5 Å². The number of halogens is 1. The number of rotatable bonds is 6. The molecule has 0 saturated heterocycles. The monoisotopic (exact) mass is 311 g/mol. The van der Waals surface area contributed by atoms with Gasteiger partial charge >= 0.3 is 0 Å². The number of hydrogen-bond acceptors (Lipinski definition) is 2. The minimum Gasteiger partial charge on any atom is -0.351 e. The van der Waals surface area contributed by atoms with E-state index in [-0.39, 0.29) is 22.7 Å². The Bertz CT molecular complexity index is 480. The largest absolute Gasteiger partial charge is 0.351 e. The first-order valence-electron chi connectivity index (χ1n) is 7.27. The van der Waals surface area contributed by atoms with E-state index in [1.807, 2.05) is 13.8 Å². The fraction of sp³-hybridized carbons (Fsp3) is 0.588. The van der Waals surface area contributed by atoms with Crippen LogP contribution in [0.2, 0.25) is 0 Å². The predicted molar refractivity (Wildman–Crippen MR) is 88.0 cm³/mol. The molecule has 0 atom stereocenters. The van der Waals surface area contributed by atoms with Crippen molar-refractivity contribution in [3.63, 3.8) is 0 Å². The molecule has 0 radical (unpaired) electrons. The maximum absolute atomic E-state index is 13.4. The average molecular weight is 311 g/mol. The first kappa shape index (κ1) is 18.0.